The van der Waals surface area contributed by atoms with Gasteiger partial charge in [0.05, 0.1) is 18.4 Å². The molecule has 0 radical (unpaired) electrons. The average molecular weight is 393 g/mol. The van der Waals surface area contributed by atoms with Gasteiger partial charge < -0.3 is 19.2 Å². The second kappa shape index (κ2) is 8.88. The normalized spacial score (nSPS) is 10.3. The summed E-state index contributed by atoms with van der Waals surface area (Å²) in [7, 11) is 1.25. The summed E-state index contributed by atoms with van der Waals surface area (Å²) in [6, 6.07) is 16.8. The number of methoxy groups -OCH3 is 1. The van der Waals surface area contributed by atoms with E-state index in [1.54, 1.807) is 61.5 Å². The fraction of sp³-hybridized carbons (Fsp3) is 0.136. The van der Waals surface area contributed by atoms with E-state index in [2.05, 4.69) is 10.1 Å². The van der Waals surface area contributed by atoms with E-state index in [-0.39, 0.29) is 23.8 Å². The van der Waals surface area contributed by atoms with Gasteiger partial charge in [0.25, 0.3) is 5.91 Å². The number of esters is 2. The third kappa shape index (κ3) is 4.70. The summed E-state index contributed by atoms with van der Waals surface area (Å²) in [6.07, 6.45) is 0. The predicted octanol–water partition coefficient (Wildman–Crippen LogP) is 3.98. The molecule has 0 saturated heterocycles. The highest BCUT2D eigenvalue weighted by atomic mass is 16.6. The van der Waals surface area contributed by atoms with Crippen LogP contribution in [0.25, 0.3) is 0 Å². The smallest absolute Gasteiger partial charge is 0.374 e. The maximum atomic E-state index is 12.5. The first-order valence-electron chi connectivity index (χ1n) is 8.79. The third-order valence-corrected chi connectivity index (χ3v) is 4.12. The fourth-order valence-electron chi connectivity index (χ4n) is 2.68. The molecule has 148 valence electrons. The van der Waals surface area contributed by atoms with E-state index < -0.39 is 11.9 Å². The number of para-hydroxylation sites is 1. The second-order valence-electron chi connectivity index (χ2n) is 6.16. The summed E-state index contributed by atoms with van der Waals surface area (Å²) in [5.74, 6) is -1.21. The van der Waals surface area contributed by atoms with Crippen LogP contribution in [0.4, 0.5) is 5.69 Å². The lowest BCUT2D eigenvalue weighted by molar-refractivity contribution is 0.0439. The van der Waals surface area contributed by atoms with Crippen LogP contribution in [0.3, 0.4) is 0 Å². The molecular weight excluding hydrogens is 374 g/mol. The van der Waals surface area contributed by atoms with Gasteiger partial charge in [0.2, 0.25) is 5.76 Å². The second-order valence-corrected chi connectivity index (χ2v) is 6.16. The third-order valence-electron chi connectivity index (χ3n) is 4.12. The quantitative estimate of drug-likeness (QED) is 0.637. The van der Waals surface area contributed by atoms with E-state index in [9.17, 15) is 14.4 Å². The Labute approximate surface area is 167 Å². The number of aryl methyl sites for hydroxylation is 1. The summed E-state index contributed by atoms with van der Waals surface area (Å²) in [6.45, 7) is 1.52. The van der Waals surface area contributed by atoms with E-state index in [0.29, 0.717) is 22.6 Å². The van der Waals surface area contributed by atoms with Crippen LogP contribution in [-0.4, -0.2) is 25.0 Å². The molecule has 1 aromatic heterocycles. The highest BCUT2D eigenvalue weighted by molar-refractivity contribution is 6.07. The van der Waals surface area contributed by atoms with Crippen molar-refractivity contribution in [2.24, 2.45) is 0 Å². The lowest BCUT2D eigenvalue weighted by Gasteiger charge is -2.10. The molecule has 3 rings (SSSR count). The van der Waals surface area contributed by atoms with Crippen LogP contribution in [0.2, 0.25) is 0 Å². The molecule has 0 aliphatic carbocycles. The molecule has 0 bridgehead atoms. The minimum absolute atomic E-state index is 0.0640. The van der Waals surface area contributed by atoms with Crippen molar-refractivity contribution in [1.29, 1.82) is 0 Å². The summed E-state index contributed by atoms with van der Waals surface area (Å²) < 4.78 is 15.3. The number of ether oxygens (including phenoxy) is 2. The molecule has 1 N–H and O–H groups in total. The maximum Gasteiger partial charge on any atom is 0.374 e. The zero-order chi connectivity index (χ0) is 20.8. The number of nitrogens with one attached hydrogen (secondary N) is 1. The number of carbonyl (C=O) groups is 3. The fourth-order valence-corrected chi connectivity index (χ4v) is 2.68. The largest absolute Gasteiger partial charge is 0.463 e. The zero-order valence-corrected chi connectivity index (χ0v) is 15.9. The number of hydrogen-bond acceptors (Lipinski definition) is 6. The molecule has 0 unspecified atom stereocenters. The molecule has 0 spiro atoms. The van der Waals surface area contributed by atoms with Crippen LogP contribution in [0, 0.1) is 6.92 Å². The van der Waals surface area contributed by atoms with E-state index >= 15 is 0 Å². The van der Waals surface area contributed by atoms with Gasteiger partial charge in [-0.15, -0.1) is 0 Å². The zero-order valence-electron chi connectivity index (χ0n) is 15.9. The van der Waals surface area contributed by atoms with Crippen LogP contribution in [0.5, 0.6) is 0 Å². The molecule has 1 amide bonds. The highest BCUT2D eigenvalue weighted by Gasteiger charge is 2.19. The van der Waals surface area contributed by atoms with Gasteiger partial charge in [-0.1, -0.05) is 30.3 Å². The Kier molecular flexibility index (Phi) is 6.09. The topological polar surface area (TPSA) is 94.8 Å². The van der Waals surface area contributed by atoms with Gasteiger partial charge in [-0.05, 0) is 37.3 Å². The van der Waals surface area contributed by atoms with Gasteiger partial charge in [-0.2, -0.15) is 0 Å². The average Bonchev–Trinajstić information content (AvgIpc) is 3.13. The first kappa shape index (κ1) is 19.9. The predicted molar refractivity (Wildman–Crippen MR) is 105 cm³/mol. The summed E-state index contributed by atoms with van der Waals surface area (Å²) in [4.78, 5) is 36.5. The Balaban J connectivity index is 1.70. The number of hydrogen-bond donors (Lipinski definition) is 1. The lowest BCUT2D eigenvalue weighted by atomic mass is 10.1. The highest BCUT2D eigenvalue weighted by Crippen LogP contribution is 2.20. The number of amides is 1. The van der Waals surface area contributed by atoms with Crippen LogP contribution in [0.15, 0.2) is 65.1 Å². The first-order chi connectivity index (χ1) is 14.0. The van der Waals surface area contributed by atoms with Crippen molar-refractivity contribution in [2.45, 2.75) is 13.5 Å². The van der Waals surface area contributed by atoms with Crippen LogP contribution < -0.4 is 5.32 Å². The van der Waals surface area contributed by atoms with Gasteiger partial charge in [-0.25, -0.2) is 9.59 Å². The van der Waals surface area contributed by atoms with Crippen LogP contribution in [0.1, 0.15) is 42.6 Å². The number of benzene rings is 2. The molecule has 0 aliphatic rings. The Morgan fingerprint density at radius 2 is 1.66 bits per heavy atom. The van der Waals surface area contributed by atoms with Crippen molar-refractivity contribution in [1.82, 2.24) is 0 Å². The van der Waals surface area contributed by atoms with Gasteiger partial charge in [0, 0.05) is 11.1 Å². The standard InChI is InChI=1S/C22H19NO6/c1-14-12-16(29-19(14)22(26)27-2)13-28-21(25)17-10-6-7-11-18(17)23-20(24)15-8-4-3-5-9-15/h3-12H,13H2,1-2H3,(H,23,24). The molecule has 7 heteroatoms. The van der Waals surface area contributed by atoms with Crippen molar-refractivity contribution >= 4 is 23.5 Å². The van der Waals surface area contributed by atoms with Gasteiger partial charge in [0.15, 0.2) is 0 Å². The summed E-state index contributed by atoms with van der Waals surface area (Å²) in [5.41, 5.74) is 1.58. The van der Waals surface area contributed by atoms with E-state index in [4.69, 9.17) is 9.15 Å². The van der Waals surface area contributed by atoms with Gasteiger partial charge in [-0.3, -0.25) is 4.79 Å². The summed E-state index contributed by atoms with van der Waals surface area (Å²) >= 11 is 0. The minimum Gasteiger partial charge on any atom is -0.463 e. The van der Waals surface area contributed by atoms with Crippen molar-refractivity contribution in [2.75, 3.05) is 12.4 Å². The van der Waals surface area contributed by atoms with E-state index in [0.717, 1.165) is 0 Å². The minimum atomic E-state index is -0.636. The monoisotopic (exact) mass is 393 g/mol. The SMILES string of the molecule is COC(=O)c1oc(COC(=O)c2ccccc2NC(=O)c2ccccc2)cc1C. The van der Waals surface area contributed by atoms with Crippen molar-refractivity contribution in [3.05, 3.63) is 88.9 Å². The molecule has 0 aliphatic heterocycles. The first-order valence-corrected chi connectivity index (χ1v) is 8.79. The lowest BCUT2D eigenvalue weighted by Crippen LogP contribution is -2.15. The number of rotatable bonds is 6. The maximum absolute atomic E-state index is 12.5. The molecule has 0 atom stereocenters. The molecule has 2 aromatic carbocycles. The number of anilines is 1. The van der Waals surface area contributed by atoms with Crippen molar-refractivity contribution < 1.29 is 28.3 Å². The Morgan fingerprint density at radius 3 is 2.38 bits per heavy atom. The van der Waals surface area contributed by atoms with Crippen molar-refractivity contribution in [3.8, 4) is 0 Å². The molecular formula is C22H19NO6. The van der Waals surface area contributed by atoms with E-state index in [1.807, 2.05) is 6.07 Å². The van der Waals surface area contributed by atoms with Crippen LogP contribution >= 0.6 is 0 Å². The van der Waals surface area contributed by atoms with Crippen LogP contribution in [-0.2, 0) is 16.1 Å². The summed E-state index contributed by atoms with van der Waals surface area (Å²) in [5, 5.41) is 2.72. The van der Waals surface area contributed by atoms with Crippen molar-refractivity contribution in [3.63, 3.8) is 0 Å². The van der Waals surface area contributed by atoms with E-state index in [1.165, 1.54) is 7.11 Å². The number of carbonyl (C=O) groups excluding carboxylic acids is 3. The molecule has 7 nitrogen and oxygen atoms in total. The Morgan fingerprint density at radius 1 is 0.966 bits per heavy atom. The molecule has 3 aromatic rings. The molecule has 0 saturated carbocycles. The number of furan rings is 1. The Bertz CT molecular complexity index is 1040. The molecule has 1 heterocycles. The molecule has 0 fully saturated rings. The van der Waals surface area contributed by atoms with Gasteiger partial charge in [0.1, 0.15) is 12.4 Å². The van der Waals surface area contributed by atoms with Gasteiger partial charge >= 0.3 is 11.9 Å². The molecule has 29 heavy (non-hydrogen) atoms. The Hall–Kier alpha value is -3.87.